The maximum atomic E-state index is 14.3. The van der Waals surface area contributed by atoms with E-state index in [0.29, 0.717) is 55.3 Å². The Hall–Kier alpha value is -4.76. The van der Waals surface area contributed by atoms with Crippen molar-refractivity contribution in [1.29, 1.82) is 0 Å². The van der Waals surface area contributed by atoms with E-state index in [1.807, 2.05) is 68.4 Å². The summed E-state index contributed by atoms with van der Waals surface area (Å²) in [5.74, 6) is 0.341. The number of H-pyrrole nitrogens is 2. The molecule has 0 unspecified atom stereocenters. The summed E-state index contributed by atoms with van der Waals surface area (Å²) in [6, 6.07) is 17.7. The Morgan fingerprint density at radius 2 is 1.82 bits per heavy atom. The van der Waals surface area contributed by atoms with E-state index in [1.165, 1.54) is 18.6 Å². The minimum atomic E-state index is -0.520. The average Bonchev–Trinajstić information content (AvgIpc) is 3.36. The fourth-order valence-corrected chi connectivity index (χ4v) is 5.21. The van der Waals surface area contributed by atoms with Crippen molar-refractivity contribution in [2.24, 2.45) is 0 Å². The van der Waals surface area contributed by atoms with Crippen LogP contribution in [0.3, 0.4) is 0 Å². The number of anilines is 1. The Balaban J connectivity index is 1.62. The Morgan fingerprint density at radius 1 is 1.00 bits per heavy atom. The summed E-state index contributed by atoms with van der Waals surface area (Å²) in [4.78, 5) is 38.4. The lowest BCUT2D eigenvalue weighted by atomic mass is 10.0. The topological polar surface area (TPSA) is 121 Å². The summed E-state index contributed by atoms with van der Waals surface area (Å²) in [5.41, 5.74) is 3.36. The molecule has 38 heavy (non-hydrogen) atoms. The van der Waals surface area contributed by atoms with Crippen molar-refractivity contribution < 1.29 is 0 Å². The first-order valence-corrected chi connectivity index (χ1v) is 12.4. The monoisotopic (exact) mass is 523 g/mol. The first-order valence-electron chi connectivity index (χ1n) is 12.0. The van der Waals surface area contributed by atoms with Gasteiger partial charge in [0.1, 0.15) is 23.2 Å². The highest BCUT2D eigenvalue weighted by molar-refractivity contribution is 6.36. The second kappa shape index (κ2) is 9.28. The van der Waals surface area contributed by atoms with E-state index in [2.05, 4.69) is 30.5 Å². The lowest BCUT2D eigenvalue weighted by Crippen LogP contribution is -2.27. The van der Waals surface area contributed by atoms with E-state index in [4.69, 9.17) is 11.6 Å². The number of aromatic amines is 2. The number of aromatic nitrogens is 6. The SMILES string of the molecule is Cc1cc(-c2cccc3c(Cl)c([C@H](C)Nc4ncnc5[nH]ccc(=O)c45)n(-c4ccccc4)c(=O)c23)n[nH]1. The minimum absolute atomic E-state index is 0.224. The maximum absolute atomic E-state index is 14.3. The van der Waals surface area contributed by atoms with Crippen molar-refractivity contribution in [3.8, 4) is 16.9 Å². The van der Waals surface area contributed by atoms with Gasteiger partial charge in [-0.3, -0.25) is 19.3 Å². The molecule has 0 saturated heterocycles. The molecule has 0 spiro atoms. The molecule has 188 valence electrons. The van der Waals surface area contributed by atoms with Gasteiger partial charge in [0.15, 0.2) is 5.43 Å². The maximum Gasteiger partial charge on any atom is 0.264 e. The second-order valence-electron chi connectivity index (χ2n) is 8.99. The number of fused-ring (bicyclic) bond motifs is 2. The van der Waals surface area contributed by atoms with Crippen molar-refractivity contribution in [3.05, 3.63) is 110 Å². The van der Waals surface area contributed by atoms with E-state index in [1.54, 1.807) is 4.57 Å². The first-order chi connectivity index (χ1) is 18.4. The molecule has 6 aromatic rings. The fraction of sp³-hybridized carbons (Fsp3) is 0.107. The highest BCUT2D eigenvalue weighted by atomic mass is 35.5. The van der Waals surface area contributed by atoms with Crippen LogP contribution >= 0.6 is 11.6 Å². The first kappa shape index (κ1) is 23.6. The summed E-state index contributed by atoms with van der Waals surface area (Å²) in [5, 5.41) is 12.4. The highest BCUT2D eigenvalue weighted by Crippen LogP contribution is 2.36. The molecular weight excluding hydrogens is 502 g/mol. The quantitative estimate of drug-likeness (QED) is 0.287. The number of aryl methyl sites for hydroxylation is 1. The molecule has 0 aliphatic carbocycles. The van der Waals surface area contributed by atoms with Crippen LogP contribution in [0.15, 0.2) is 82.8 Å². The third-order valence-electron chi connectivity index (χ3n) is 6.49. The fourth-order valence-electron chi connectivity index (χ4n) is 4.80. The van der Waals surface area contributed by atoms with E-state index in [9.17, 15) is 9.59 Å². The molecular formula is C28H22ClN7O2. The van der Waals surface area contributed by atoms with Gasteiger partial charge in [-0.2, -0.15) is 5.10 Å². The lowest BCUT2D eigenvalue weighted by Gasteiger charge is -2.23. The standard InChI is InChI=1S/C28H22ClN7O2/c1-15-13-20(35-34-15)18-9-6-10-19-22(18)28(38)36(17-7-4-3-5-8-17)25(24(19)29)16(2)33-27-23-21(37)11-12-30-26(23)31-14-32-27/h3-14,16H,1-2H3,(H,34,35)(H2,30,31,32,33,37)/t16-/m0/s1. The molecule has 1 atom stereocenters. The number of hydrogen-bond donors (Lipinski definition) is 3. The summed E-state index contributed by atoms with van der Waals surface area (Å²) >= 11 is 7.12. The number of pyridine rings is 2. The largest absolute Gasteiger partial charge is 0.361 e. The predicted molar refractivity (Wildman–Crippen MR) is 149 cm³/mol. The second-order valence-corrected chi connectivity index (χ2v) is 9.37. The van der Waals surface area contributed by atoms with Crippen molar-refractivity contribution in [1.82, 2.24) is 29.7 Å². The van der Waals surface area contributed by atoms with Gasteiger partial charge in [-0.1, -0.05) is 48.0 Å². The summed E-state index contributed by atoms with van der Waals surface area (Å²) in [7, 11) is 0. The van der Waals surface area contributed by atoms with Crippen LogP contribution in [0, 0.1) is 6.92 Å². The number of hydrogen-bond acceptors (Lipinski definition) is 6. The summed E-state index contributed by atoms with van der Waals surface area (Å²) in [6.07, 6.45) is 2.91. The van der Waals surface area contributed by atoms with E-state index >= 15 is 0 Å². The Bertz CT molecular complexity index is 1940. The van der Waals surface area contributed by atoms with E-state index < -0.39 is 6.04 Å². The number of halogens is 1. The van der Waals surface area contributed by atoms with Gasteiger partial charge in [-0.25, -0.2) is 9.97 Å². The van der Waals surface area contributed by atoms with Gasteiger partial charge in [-0.15, -0.1) is 0 Å². The Morgan fingerprint density at radius 3 is 2.58 bits per heavy atom. The molecule has 0 amide bonds. The van der Waals surface area contributed by atoms with Gasteiger partial charge in [0.2, 0.25) is 0 Å². The molecule has 0 aliphatic rings. The highest BCUT2D eigenvalue weighted by Gasteiger charge is 2.24. The van der Waals surface area contributed by atoms with Crippen LogP contribution < -0.4 is 16.3 Å². The van der Waals surface area contributed by atoms with Gasteiger partial charge < -0.3 is 10.3 Å². The lowest BCUT2D eigenvalue weighted by molar-refractivity contribution is 0.774. The third kappa shape index (κ3) is 3.84. The smallest absolute Gasteiger partial charge is 0.264 e. The number of nitrogens with zero attached hydrogens (tertiary/aromatic N) is 4. The molecule has 0 aliphatic heterocycles. The number of nitrogens with one attached hydrogen (secondary N) is 3. The van der Waals surface area contributed by atoms with E-state index in [-0.39, 0.29) is 11.0 Å². The van der Waals surface area contributed by atoms with Crippen LogP contribution in [0.25, 0.3) is 38.8 Å². The Kier molecular flexibility index (Phi) is 5.77. The zero-order valence-corrected chi connectivity index (χ0v) is 21.2. The molecule has 0 fully saturated rings. The van der Waals surface area contributed by atoms with Gasteiger partial charge in [0.25, 0.3) is 5.56 Å². The van der Waals surface area contributed by atoms with Crippen LogP contribution in [0.4, 0.5) is 5.82 Å². The molecule has 6 rings (SSSR count). The van der Waals surface area contributed by atoms with Crippen LogP contribution in [-0.2, 0) is 0 Å². The van der Waals surface area contributed by atoms with Crippen LogP contribution in [0.2, 0.25) is 5.02 Å². The average molecular weight is 524 g/mol. The molecule has 4 heterocycles. The number of benzene rings is 2. The van der Waals surface area contributed by atoms with Crippen molar-refractivity contribution >= 4 is 39.2 Å². The molecule has 9 nitrogen and oxygen atoms in total. The van der Waals surface area contributed by atoms with Crippen molar-refractivity contribution in [2.75, 3.05) is 5.32 Å². The van der Waals surface area contributed by atoms with Crippen molar-refractivity contribution in [2.45, 2.75) is 19.9 Å². The van der Waals surface area contributed by atoms with Crippen LogP contribution in [0.1, 0.15) is 24.4 Å². The number of rotatable bonds is 5. The molecule has 4 aromatic heterocycles. The third-order valence-corrected chi connectivity index (χ3v) is 6.89. The molecule has 0 radical (unpaired) electrons. The van der Waals surface area contributed by atoms with Crippen LogP contribution in [0.5, 0.6) is 0 Å². The van der Waals surface area contributed by atoms with Gasteiger partial charge in [0, 0.05) is 34.6 Å². The zero-order chi connectivity index (χ0) is 26.4. The van der Waals surface area contributed by atoms with Gasteiger partial charge in [-0.05, 0) is 32.0 Å². The zero-order valence-electron chi connectivity index (χ0n) is 20.5. The van der Waals surface area contributed by atoms with Crippen molar-refractivity contribution in [3.63, 3.8) is 0 Å². The molecule has 3 N–H and O–H groups in total. The summed E-state index contributed by atoms with van der Waals surface area (Å²) in [6.45, 7) is 3.78. The molecule has 0 bridgehead atoms. The van der Waals surface area contributed by atoms with E-state index in [0.717, 1.165) is 5.69 Å². The van der Waals surface area contributed by atoms with Crippen LogP contribution in [-0.4, -0.2) is 29.7 Å². The minimum Gasteiger partial charge on any atom is -0.361 e. The normalized spacial score (nSPS) is 12.2. The van der Waals surface area contributed by atoms with Gasteiger partial charge in [0.05, 0.1) is 27.8 Å². The molecule has 2 aromatic carbocycles. The predicted octanol–water partition coefficient (Wildman–Crippen LogP) is 5.15. The summed E-state index contributed by atoms with van der Waals surface area (Å²) < 4.78 is 1.61. The molecule has 0 saturated carbocycles. The number of para-hydroxylation sites is 1. The Labute approximate surface area is 221 Å². The molecule has 10 heteroatoms. The van der Waals surface area contributed by atoms with Gasteiger partial charge >= 0.3 is 0 Å².